The van der Waals surface area contributed by atoms with E-state index in [0.717, 1.165) is 0 Å². The van der Waals surface area contributed by atoms with Crippen molar-refractivity contribution in [2.75, 3.05) is 0 Å². The minimum Gasteiger partial charge on any atom is -0.480 e. The molecule has 0 bridgehead atoms. The van der Waals surface area contributed by atoms with Gasteiger partial charge < -0.3 is 5.11 Å². The van der Waals surface area contributed by atoms with Crippen LogP contribution in [0, 0.1) is 12.8 Å². The summed E-state index contributed by atoms with van der Waals surface area (Å²) in [5, 5.41) is 13.8. The molecule has 0 aliphatic rings. The number of carboxylic acids is 1. The van der Waals surface area contributed by atoms with Crippen LogP contribution >= 0.6 is 11.3 Å². The first kappa shape index (κ1) is 15.0. The van der Waals surface area contributed by atoms with E-state index in [9.17, 15) is 9.90 Å². The lowest BCUT2D eigenvalue weighted by atomic mass is 10.0. The second kappa shape index (κ2) is 5.94. The van der Waals surface area contributed by atoms with Gasteiger partial charge in [-0.05, 0) is 36.8 Å². The van der Waals surface area contributed by atoms with Crippen LogP contribution in [0.15, 0.2) is 24.3 Å². The summed E-state index contributed by atoms with van der Waals surface area (Å²) in [6.07, 6.45) is 0. The van der Waals surface area contributed by atoms with Crippen molar-refractivity contribution in [3.8, 4) is 0 Å². The van der Waals surface area contributed by atoms with E-state index >= 15 is 0 Å². The van der Waals surface area contributed by atoms with Gasteiger partial charge in [0.15, 0.2) is 0 Å². The number of fused-ring (bicyclic) bond motifs is 1. The van der Waals surface area contributed by atoms with Crippen molar-refractivity contribution in [2.45, 2.75) is 39.8 Å². The van der Waals surface area contributed by atoms with E-state index in [1.54, 1.807) is 11.3 Å². The fourth-order valence-corrected chi connectivity index (χ4v) is 3.72. The highest BCUT2D eigenvalue weighted by molar-refractivity contribution is 7.19. The third kappa shape index (κ3) is 2.86. The Kier molecular flexibility index (Phi) is 4.45. The van der Waals surface area contributed by atoms with Crippen LogP contribution in [0.25, 0.3) is 10.1 Å². The van der Waals surface area contributed by atoms with Crippen molar-refractivity contribution in [1.29, 1.82) is 0 Å². The van der Waals surface area contributed by atoms with Gasteiger partial charge in [-0.15, -0.1) is 11.3 Å². The van der Waals surface area contributed by atoms with Gasteiger partial charge in [0.1, 0.15) is 6.04 Å². The molecule has 2 aromatic rings. The van der Waals surface area contributed by atoms with Crippen molar-refractivity contribution >= 4 is 27.4 Å². The van der Waals surface area contributed by atoms with Crippen molar-refractivity contribution in [1.82, 2.24) is 5.32 Å². The molecule has 0 saturated carbocycles. The molecule has 1 aromatic carbocycles. The monoisotopic (exact) mass is 291 g/mol. The molecular formula is C16H21NO2S. The highest BCUT2D eigenvalue weighted by Crippen LogP contribution is 2.34. The van der Waals surface area contributed by atoms with Gasteiger partial charge in [-0.2, -0.15) is 0 Å². The zero-order valence-electron chi connectivity index (χ0n) is 12.3. The van der Waals surface area contributed by atoms with E-state index in [0.29, 0.717) is 0 Å². The van der Waals surface area contributed by atoms with Gasteiger partial charge in [-0.1, -0.05) is 32.0 Å². The molecule has 2 N–H and O–H groups in total. The van der Waals surface area contributed by atoms with Gasteiger partial charge in [0.2, 0.25) is 0 Å². The molecule has 0 aliphatic heterocycles. The molecule has 0 saturated heterocycles. The molecule has 108 valence electrons. The average molecular weight is 291 g/mol. The number of hydrogen-bond acceptors (Lipinski definition) is 3. The van der Waals surface area contributed by atoms with Crippen LogP contribution in [0.1, 0.15) is 37.3 Å². The van der Waals surface area contributed by atoms with E-state index in [-0.39, 0.29) is 12.0 Å². The Morgan fingerprint density at radius 1 is 1.25 bits per heavy atom. The maximum absolute atomic E-state index is 11.3. The van der Waals surface area contributed by atoms with E-state index in [4.69, 9.17) is 0 Å². The number of aryl methyl sites for hydroxylation is 1. The van der Waals surface area contributed by atoms with E-state index in [1.165, 1.54) is 20.5 Å². The zero-order valence-corrected chi connectivity index (χ0v) is 13.1. The molecule has 3 nitrogen and oxygen atoms in total. The summed E-state index contributed by atoms with van der Waals surface area (Å²) in [5.74, 6) is -0.727. The first-order valence-electron chi connectivity index (χ1n) is 6.88. The SMILES string of the molecule is Cc1c(C(C)NC(C(=O)O)C(C)C)sc2ccccc12. The molecule has 4 heteroatoms. The second-order valence-corrected chi connectivity index (χ2v) is 6.62. The highest BCUT2D eigenvalue weighted by atomic mass is 32.1. The highest BCUT2D eigenvalue weighted by Gasteiger charge is 2.25. The molecule has 1 heterocycles. The van der Waals surface area contributed by atoms with Crippen LogP contribution in [0.5, 0.6) is 0 Å². The molecule has 1 aromatic heterocycles. The molecule has 0 amide bonds. The lowest BCUT2D eigenvalue weighted by Crippen LogP contribution is -2.42. The second-order valence-electron chi connectivity index (χ2n) is 5.54. The molecule has 2 atom stereocenters. The minimum absolute atomic E-state index is 0.0379. The fraction of sp³-hybridized carbons (Fsp3) is 0.438. The number of carboxylic acid groups (broad SMARTS) is 1. The molecule has 0 spiro atoms. The Balaban J connectivity index is 2.29. The normalized spacial score (nSPS) is 14.7. The predicted molar refractivity (Wildman–Crippen MR) is 84.4 cm³/mol. The first-order chi connectivity index (χ1) is 9.41. The van der Waals surface area contributed by atoms with Gasteiger partial charge in [-0.25, -0.2) is 0 Å². The predicted octanol–water partition coefficient (Wildman–Crippen LogP) is 3.97. The van der Waals surface area contributed by atoms with Crippen molar-refractivity contribution < 1.29 is 9.90 Å². The van der Waals surface area contributed by atoms with Gasteiger partial charge in [-0.3, -0.25) is 10.1 Å². The standard InChI is InChI=1S/C16H21NO2S/c1-9(2)14(16(18)19)17-11(4)15-10(3)12-7-5-6-8-13(12)20-15/h5-9,11,14,17H,1-4H3,(H,18,19). The molecule has 0 fully saturated rings. The van der Waals surface area contributed by atoms with Crippen LogP contribution in [-0.2, 0) is 4.79 Å². The van der Waals surface area contributed by atoms with Crippen LogP contribution in [-0.4, -0.2) is 17.1 Å². The van der Waals surface area contributed by atoms with E-state index in [1.807, 2.05) is 32.9 Å². The van der Waals surface area contributed by atoms with Gasteiger partial charge in [0.25, 0.3) is 0 Å². The lowest BCUT2D eigenvalue weighted by Gasteiger charge is -2.22. The van der Waals surface area contributed by atoms with Crippen LogP contribution in [0.3, 0.4) is 0 Å². The first-order valence-corrected chi connectivity index (χ1v) is 7.70. The summed E-state index contributed by atoms with van der Waals surface area (Å²) >= 11 is 1.74. The smallest absolute Gasteiger partial charge is 0.320 e. The van der Waals surface area contributed by atoms with Crippen molar-refractivity contribution in [2.24, 2.45) is 5.92 Å². The third-order valence-electron chi connectivity index (χ3n) is 3.64. The number of carbonyl (C=O) groups is 1. The number of thiophene rings is 1. The maximum atomic E-state index is 11.3. The Hall–Kier alpha value is -1.39. The summed E-state index contributed by atoms with van der Waals surface area (Å²) in [6, 6.07) is 7.83. The van der Waals surface area contributed by atoms with Crippen molar-refractivity contribution in [3.05, 3.63) is 34.7 Å². The fourth-order valence-electron chi connectivity index (χ4n) is 2.50. The Morgan fingerprint density at radius 3 is 2.45 bits per heavy atom. The number of hydrogen-bond donors (Lipinski definition) is 2. The Bertz CT molecular complexity index is 618. The van der Waals surface area contributed by atoms with Gasteiger partial charge in [0.05, 0.1) is 0 Å². The number of aliphatic carboxylic acids is 1. The van der Waals surface area contributed by atoms with E-state index < -0.39 is 12.0 Å². The van der Waals surface area contributed by atoms with Crippen molar-refractivity contribution in [3.63, 3.8) is 0 Å². The molecule has 0 aliphatic carbocycles. The molecule has 20 heavy (non-hydrogen) atoms. The summed E-state index contributed by atoms with van der Waals surface area (Å²) in [4.78, 5) is 12.5. The largest absolute Gasteiger partial charge is 0.480 e. The van der Waals surface area contributed by atoms with Crippen LogP contribution < -0.4 is 5.32 Å². The number of benzene rings is 1. The minimum atomic E-state index is -0.786. The van der Waals surface area contributed by atoms with Gasteiger partial charge >= 0.3 is 5.97 Å². The summed E-state index contributed by atoms with van der Waals surface area (Å²) in [6.45, 7) is 8.00. The zero-order chi connectivity index (χ0) is 14.9. The van der Waals surface area contributed by atoms with Crippen LogP contribution in [0.4, 0.5) is 0 Å². The number of rotatable bonds is 5. The Morgan fingerprint density at radius 2 is 1.90 bits per heavy atom. The summed E-state index contributed by atoms with van der Waals surface area (Å²) in [5.41, 5.74) is 1.25. The molecular weight excluding hydrogens is 270 g/mol. The molecule has 2 unspecified atom stereocenters. The topological polar surface area (TPSA) is 49.3 Å². The Labute approximate surface area is 123 Å². The lowest BCUT2D eigenvalue weighted by molar-refractivity contribution is -0.140. The summed E-state index contributed by atoms with van der Waals surface area (Å²) in [7, 11) is 0. The number of nitrogens with one attached hydrogen (secondary N) is 1. The average Bonchev–Trinajstić information content (AvgIpc) is 2.73. The van der Waals surface area contributed by atoms with E-state index in [2.05, 4.69) is 24.4 Å². The van der Waals surface area contributed by atoms with Gasteiger partial charge in [0, 0.05) is 15.6 Å². The molecule has 0 radical (unpaired) electrons. The summed E-state index contributed by atoms with van der Waals surface area (Å²) < 4.78 is 1.25. The quantitative estimate of drug-likeness (QED) is 0.876. The maximum Gasteiger partial charge on any atom is 0.320 e. The molecule has 2 rings (SSSR count). The van der Waals surface area contributed by atoms with Crippen LogP contribution in [0.2, 0.25) is 0 Å². The third-order valence-corrected chi connectivity index (χ3v) is 5.09.